The van der Waals surface area contributed by atoms with Crippen LogP contribution in [0.5, 0.6) is 0 Å². The second-order valence-corrected chi connectivity index (χ2v) is 6.11. The van der Waals surface area contributed by atoms with Crippen molar-refractivity contribution in [2.45, 2.75) is 31.3 Å². The van der Waals surface area contributed by atoms with Crippen molar-refractivity contribution < 1.29 is 13.2 Å². The van der Waals surface area contributed by atoms with Gasteiger partial charge in [0, 0.05) is 25.2 Å². The van der Waals surface area contributed by atoms with Crippen LogP contribution in [0.2, 0.25) is 0 Å². The molecule has 100 valence electrons. The van der Waals surface area contributed by atoms with E-state index in [0.29, 0.717) is 13.1 Å². The number of hydrogen-bond donors (Lipinski definition) is 1. The van der Waals surface area contributed by atoms with Gasteiger partial charge in [0.05, 0.1) is 0 Å². The van der Waals surface area contributed by atoms with Gasteiger partial charge in [-0.2, -0.15) is 5.10 Å². The summed E-state index contributed by atoms with van der Waals surface area (Å²) >= 11 is 0. The Hall–Kier alpha value is -1.41. The molecule has 1 aliphatic rings. The molecule has 1 aromatic rings. The highest BCUT2D eigenvalue weighted by Crippen LogP contribution is 2.18. The molecule has 0 saturated carbocycles. The molecule has 18 heavy (non-hydrogen) atoms. The maximum Gasteiger partial charge on any atom is 0.272 e. The highest BCUT2D eigenvalue weighted by molar-refractivity contribution is 7.89. The predicted octanol–water partition coefficient (Wildman–Crippen LogP) is -0.0427. The zero-order chi connectivity index (χ0) is 13.5. The van der Waals surface area contributed by atoms with Gasteiger partial charge in [-0.25, -0.2) is 13.6 Å². The molecule has 0 aromatic carbocycles. The number of rotatable bonds is 3. The van der Waals surface area contributed by atoms with Crippen LogP contribution in [0, 0.1) is 0 Å². The maximum atomic E-state index is 12.1. The summed E-state index contributed by atoms with van der Waals surface area (Å²) in [4.78, 5) is 13.8. The van der Waals surface area contributed by atoms with Crippen LogP contribution >= 0.6 is 0 Å². The number of sulfonamides is 1. The van der Waals surface area contributed by atoms with Crippen LogP contribution < -0.4 is 5.14 Å². The van der Waals surface area contributed by atoms with Crippen molar-refractivity contribution in [1.82, 2.24) is 14.7 Å². The zero-order valence-electron chi connectivity index (χ0n) is 10.3. The molecule has 1 saturated heterocycles. The minimum Gasteiger partial charge on any atom is -0.337 e. The second-order valence-electron chi connectivity index (χ2n) is 4.60. The van der Waals surface area contributed by atoms with E-state index in [4.69, 9.17) is 5.14 Å². The van der Waals surface area contributed by atoms with E-state index in [2.05, 4.69) is 5.10 Å². The van der Waals surface area contributed by atoms with Gasteiger partial charge < -0.3 is 4.90 Å². The minimum atomic E-state index is -3.89. The Balaban J connectivity index is 2.44. The highest BCUT2D eigenvalue weighted by atomic mass is 32.2. The fourth-order valence-electron chi connectivity index (χ4n) is 1.75. The third kappa shape index (κ3) is 2.25. The topological polar surface area (TPSA) is 98.3 Å². The Morgan fingerprint density at radius 1 is 1.44 bits per heavy atom. The van der Waals surface area contributed by atoms with Crippen LogP contribution in [0.25, 0.3) is 0 Å². The Labute approximate surface area is 106 Å². The Morgan fingerprint density at radius 2 is 2.06 bits per heavy atom. The summed E-state index contributed by atoms with van der Waals surface area (Å²) in [6, 6.07) is 1.14. The molecule has 0 radical (unpaired) electrons. The van der Waals surface area contributed by atoms with E-state index in [1.165, 1.54) is 10.7 Å². The monoisotopic (exact) mass is 272 g/mol. The normalized spacial score (nSPS) is 15.9. The van der Waals surface area contributed by atoms with E-state index >= 15 is 0 Å². The molecule has 2 rings (SSSR count). The molecular weight excluding hydrogens is 256 g/mol. The summed E-state index contributed by atoms with van der Waals surface area (Å²) in [5.74, 6) is -0.197. The van der Waals surface area contributed by atoms with Gasteiger partial charge in [0.2, 0.25) is 0 Å². The summed E-state index contributed by atoms with van der Waals surface area (Å²) in [5, 5.41) is 8.67. The molecule has 0 bridgehead atoms. The molecule has 1 amide bonds. The fraction of sp³-hybridized carbons (Fsp3) is 0.600. The molecule has 8 heteroatoms. The van der Waals surface area contributed by atoms with Crippen LogP contribution in [0.1, 0.15) is 36.8 Å². The Morgan fingerprint density at radius 3 is 2.44 bits per heavy atom. The lowest BCUT2D eigenvalue weighted by Gasteiger charge is -2.31. The molecule has 0 spiro atoms. The smallest absolute Gasteiger partial charge is 0.272 e. The van der Waals surface area contributed by atoms with Gasteiger partial charge in [-0.05, 0) is 20.3 Å². The van der Waals surface area contributed by atoms with Crippen LogP contribution in [0.15, 0.2) is 11.1 Å². The molecule has 2 N–H and O–H groups in total. The lowest BCUT2D eigenvalue weighted by atomic mass is 10.2. The number of primary sulfonamides is 1. The first-order valence-corrected chi connectivity index (χ1v) is 7.27. The van der Waals surface area contributed by atoms with Crippen LogP contribution in [-0.4, -0.2) is 42.1 Å². The third-order valence-electron chi connectivity index (χ3n) is 2.86. The summed E-state index contributed by atoms with van der Waals surface area (Å²) in [6.45, 7) is 5.05. The van der Waals surface area contributed by atoms with Gasteiger partial charge in [-0.3, -0.25) is 9.48 Å². The number of nitrogens with zero attached hydrogens (tertiary/aromatic N) is 3. The van der Waals surface area contributed by atoms with Gasteiger partial charge in [-0.1, -0.05) is 0 Å². The second kappa shape index (κ2) is 4.36. The summed E-state index contributed by atoms with van der Waals surface area (Å²) in [5.41, 5.74) is 0.272. The molecular formula is C10H16N4O3S. The summed E-state index contributed by atoms with van der Waals surface area (Å²) in [7, 11) is -3.89. The van der Waals surface area contributed by atoms with E-state index in [-0.39, 0.29) is 22.7 Å². The van der Waals surface area contributed by atoms with Crippen LogP contribution in [0.4, 0.5) is 0 Å². The third-order valence-corrected chi connectivity index (χ3v) is 3.64. The van der Waals surface area contributed by atoms with Gasteiger partial charge in [-0.15, -0.1) is 0 Å². The number of aromatic nitrogens is 2. The van der Waals surface area contributed by atoms with Crippen molar-refractivity contribution >= 4 is 15.9 Å². The fourth-order valence-corrected chi connectivity index (χ4v) is 2.22. The molecule has 0 atom stereocenters. The summed E-state index contributed by atoms with van der Waals surface area (Å²) < 4.78 is 24.0. The zero-order valence-corrected chi connectivity index (χ0v) is 11.1. The largest absolute Gasteiger partial charge is 0.337 e. The first-order chi connectivity index (χ1) is 8.30. The number of carbonyl (C=O) groups excluding carboxylic acids is 1. The van der Waals surface area contributed by atoms with Crippen molar-refractivity contribution in [3.63, 3.8) is 0 Å². The Kier molecular flexibility index (Phi) is 3.16. The first-order valence-electron chi connectivity index (χ1n) is 5.72. The minimum absolute atomic E-state index is 0.110. The molecule has 1 fully saturated rings. The van der Waals surface area contributed by atoms with Crippen molar-refractivity contribution in [1.29, 1.82) is 0 Å². The molecule has 2 heterocycles. The Bertz CT molecular complexity index is 572. The van der Waals surface area contributed by atoms with Gasteiger partial charge >= 0.3 is 0 Å². The SMILES string of the molecule is CC(C)n1nc(S(N)(=O)=O)cc1C(=O)N1CCC1. The van der Waals surface area contributed by atoms with Crippen molar-refractivity contribution in [3.05, 3.63) is 11.8 Å². The van der Waals surface area contributed by atoms with Crippen LogP contribution in [-0.2, 0) is 10.0 Å². The van der Waals surface area contributed by atoms with E-state index in [1.807, 2.05) is 13.8 Å². The first kappa shape index (κ1) is 13.0. The van der Waals surface area contributed by atoms with Crippen molar-refractivity contribution in [2.24, 2.45) is 5.14 Å². The molecule has 1 aromatic heterocycles. The van der Waals surface area contributed by atoms with E-state index in [0.717, 1.165) is 6.42 Å². The molecule has 7 nitrogen and oxygen atoms in total. The quantitative estimate of drug-likeness (QED) is 0.834. The average Bonchev–Trinajstić information content (AvgIpc) is 2.57. The van der Waals surface area contributed by atoms with Crippen LogP contribution in [0.3, 0.4) is 0 Å². The number of nitrogens with two attached hydrogens (primary N) is 1. The number of amides is 1. The average molecular weight is 272 g/mol. The summed E-state index contributed by atoms with van der Waals surface area (Å²) in [6.07, 6.45) is 0.976. The van der Waals surface area contributed by atoms with E-state index in [1.54, 1.807) is 4.90 Å². The standard InChI is InChI=1S/C10H16N4O3S/c1-7(2)14-8(10(15)13-4-3-5-13)6-9(12-14)18(11,16)17/h6-7H,3-5H2,1-2H3,(H2,11,16,17). The molecule has 0 unspecified atom stereocenters. The van der Waals surface area contributed by atoms with Crippen molar-refractivity contribution in [2.75, 3.05) is 13.1 Å². The predicted molar refractivity (Wildman–Crippen MR) is 64.5 cm³/mol. The number of carbonyl (C=O) groups is 1. The lowest BCUT2D eigenvalue weighted by molar-refractivity contribution is 0.0636. The number of hydrogen-bond acceptors (Lipinski definition) is 4. The lowest BCUT2D eigenvalue weighted by Crippen LogP contribution is -2.43. The van der Waals surface area contributed by atoms with E-state index < -0.39 is 10.0 Å². The van der Waals surface area contributed by atoms with Gasteiger partial charge in [0.1, 0.15) is 5.69 Å². The molecule has 1 aliphatic heterocycles. The maximum absolute atomic E-state index is 12.1. The molecule has 0 aliphatic carbocycles. The van der Waals surface area contributed by atoms with Gasteiger partial charge in [0.15, 0.2) is 5.03 Å². The van der Waals surface area contributed by atoms with E-state index in [9.17, 15) is 13.2 Å². The number of likely N-dealkylation sites (tertiary alicyclic amines) is 1. The van der Waals surface area contributed by atoms with Gasteiger partial charge in [0.25, 0.3) is 15.9 Å². The highest BCUT2D eigenvalue weighted by Gasteiger charge is 2.28. The van der Waals surface area contributed by atoms with Crippen molar-refractivity contribution in [3.8, 4) is 0 Å².